The summed E-state index contributed by atoms with van der Waals surface area (Å²) in [4.78, 5) is 12.4. The summed E-state index contributed by atoms with van der Waals surface area (Å²) >= 11 is 0. The van der Waals surface area contributed by atoms with Crippen LogP contribution >= 0.6 is 0 Å². The van der Waals surface area contributed by atoms with Gasteiger partial charge in [0, 0.05) is 39.8 Å². The lowest BCUT2D eigenvalue weighted by Crippen LogP contribution is -1.92. The van der Waals surface area contributed by atoms with E-state index in [0.717, 1.165) is 55.5 Å². The molecule has 0 saturated heterocycles. The molecule has 6 aromatic rings. The molecule has 4 aromatic heterocycles. The minimum Gasteiger partial charge on any atom is -0.492 e. The molecule has 0 amide bonds. The molecule has 0 saturated carbocycles. The highest BCUT2D eigenvalue weighted by molar-refractivity contribution is 6.01. The van der Waals surface area contributed by atoms with Gasteiger partial charge in [0.25, 0.3) is 0 Å². The van der Waals surface area contributed by atoms with Crippen LogP contribution in [0.2, 0.25) is 0 Å². The molecule has 0 spiro atoms. The zero-order valence-electron chi connectivity index (χ0n) is 19.3. The molecular formula is C28H22FN5O. The summed E-state index contributed by atoms with van der Waals surface area (Å²) in [6.07, 6.45) is 5.29. The van der Waals surface area contributed by atoms with Crippen molar-refractivity contribution in [1.29, 1.82) is 0 Å². The van der Waals surface area contributed by atoms with E-state index in [1.54, 1.807) is 24.7 Å². The molecule has 0 unspecified atom stereocenters. The topological polar surface area (TPSA) is 79.5 Å². The Bertz CT molecular complexity index is 1680. The van der Waals surface area contributed by atoms with Crippen molar-refractivity contribution >= 4 is 21.9 Å². The van der Waals surface area contributed by atoms with Gasteiger partial charge in [0.05, 0.1) is 18.5 Å². The third kappa shape index (κ3) is 3.81. The molecule has 2 N–H and O–H groups in total. The molecule has 0 aliphatic carbocycles. The van der Waals surface area contributed by atoms with E-state index >= 15 is 0 Å². The second kappa shape index (κ2) is 8.36. The molecule has 0 aliphatic rings. The number of rotatable bonds is 5. The summed E-state index contributed by atoms with van der Waals surface area (Å²) in [6.45, 7) is 4.42. The number of nitrogens with zero attached hydrogens (tertiary/aromatic N) is 3. The molecule has 4 heterocycles. The molecule has 2 aromatic carbocycles. The number of nitrogens with one attached hydrogen (secondary N) is 2. The van der Waals surface area contributed by atoms with Crippen LogP contribution in [0.3, 0.4) is 0 Å². The van der Waals surface area contributed by atoms with Crippen LogP contribution in [0.5, 0.6) is 5.75 Å². The summed E-state index contributed by atoms with van der Waals surface area (Å²) in [5.41, 5.74) is 7.78. The molecular weight excluding hydrogens is 441 g/mol. The van der Waals surface area contributed by atoms with Crippen molar-refractivity contribution in [3.63, 3.8) is 0 Å². The number of fused-ring (bicyclic) bond motifs is 2. The molecule has 172 valence electrons. The van der Waals surface area contributed by atoms with Crippen LogP contribution < -0.4 is 4.74 Å². The normalized spacial score (nSPS) is 11.4. The number of hydrogen-bond acceptors (Lipinski definition) is 4. The van der Waals surface area contributed by atoms with E-state index in [9.17, 15) is 4.39 Å². The quantitative estimate of drug-likeness (QED) is 0.299. The SMILES string of the molecule is CCOc1cncc(-c2cnc3[nH]nc(-c4cc5c(-c6cc(C)cc(F)c6)cccc5[nH]4)c3c2)c1. The van der Waals surface area contributed by atoms with Crippen LogP contribution in [-0.2, 0) is 0 Å². The minimum atomic E-state index is -0.243. The van der Waals surface area contributed by atoms with Crippen molar-refractivity contribution in [2.24, 2.45) is 0 Å². The Morgan fingerprint density at radius 3 is 2.66 bits per heavy atom. The highest BCUT2D eigenvalue weighted by atomic mass is 19.1. The Hall–Kier alpha value is -4.52. The fourth-order valence-corrected chi connectivity index (χ4v) is 4.52. The maximum Gasteiger partial charge on any atom is 0.155 e. The highest BCUT2D eigenvalue weighted by Gasteiger charge is 2.15. The Morgan fingerprint density at radius 2 is 1.80 bits per heavy atom. The molecule has 0 aliphatic heterocycles. The predicted octanol–water partition coefficient (Wildman–Crippen LogP) is 6.68. The number of pyridine rings is 2. The number of aromatic nitrogens is 5. The Balaban J connectivity index is 1.47. The van der Waals surface area contributed by atoms with Crippen molar-refractivity contribution in [1.82, 2.24) is 25.1 Å². The smallest absolute Gasteiger partial charge is 0.155 e. The van der Waals surface area contributed by atoms with Crippen LogP contribution in [0.4, 0.5) is 4.39 Å². The summed E-state index contributed by atoms with van der Waals surface area (Å²) in [5.74, 6) is 0.473. The lowest BCUT2D eigenvalue weighted by molar-refractivity contribution is 0.339. The first-order valence-corrected chi connectivity index (χ1v) is 11.4. The molecule has 6 rings (SSSR count). The van der Waals surface area contributed by atoms with E-state index in [1.807, 2.05) is 44.2 Å². The van der Waals surface area contributed by atoms with Crippen molar-refractivity contribution in [2.75, 3.05) is 6.61 Å². The van der Waals surface area contributed by atoms with Crippen molar-refractivity contribution in [3.8, 4) is 39.4 Å². The summed E-state index contributed by atoms with van der Waals surface area (Å²) in [6, 6.07) is 17.2. The zero-order chi connectivity index (χ0) is 23.9. The van der Waals surface area contributed by atoms with Crippen LogP contribution in [0.25, 0.3) is 55.6 Å². The minimum absolute atomic E-state index is 0.243. The summed E-state index contributed by atoms with van der Waals surface area (Å²) in [5, 5.41) is 9.48. The van der Waals surface area contributed by atoms with E-state index in [2.05, 4.69) is 37.3 Å². The van der Waals surface area contributed by atoms with Gasteiger partial charge in [0.2, 0.25) is 0 Å². The molecule has 0 radical (unpaired) electrons. The van der Waals surface area contributed by atoms with Crippen LogP contribution in [0, 0.1) is 12.7 Å². The number of H-pyrrole nitrogens is 2. The molecule has 35 heavy (non-hydrogen) atoms. The number of aryl methyl sites for hydroxylation is 1. The maximum atomic E-state index is 14.1. The second-order valence-electron chi connectivity index (χ2n) is 8.50. The average molecular weight is 464 g/mol. The van der Waals surface area contributed by atoms with Gasteiger partial charge in [0.15, 0.2) is 5.65 Å². The van der Waals surface area contributed by atoms with Gasteiger partial charge < -0.3 is 9.72 Å². The number of halogens is 1. The van der Waals surface area contributed by atoms with Gasteiger partial charge in [-0.3, -0.25) is 10.1 Å². The van der Waals surface area contributed by atoms with Gasteiger partial charge in [-0.25, -0.2) is 9.37 Å². The number of hydrogen-bond donors (Lipinski definition) is 2. The van der Waals surface area contributed by atoms with Gasteiger partial charge in [-0.05, 0) is 66.9 Å². The number of benzene rings is 2. The standard InChI is InChI=1S/C28H22FN5O/c1-3-35-21-10-18(13-30-15-21)19-11-24-27(33-34-28(24)31-14-19)26-12-23-22(5-4-6-25(23)32-26)17-7-16(2)8-20(29)9-17/h4-15,32H,3H2,1-2H3,(H,31,33,34). The first kappa shape index (κ1) is 21.0. The van der Waals surface area contributed by atoms with E-state index < -0.39 is 0 Å². The fourth-order valence-electron chi connectivity index (χ4n) is 4.52. The van der Waals surface area contributed by atoms with Gasteiger partial charge in [-0.15, -0.1) is 0 Å². The Labute approximate surface area is 200 Å². The number of aromatic amines is 2. The third-order valence-electron chi connectivity index (χ3n) is 6.05. The van der Waals surface area contributed by atoms with E-state index in [1.165, 1.54) is 6.07 Å². The molecule has 7 heteroatoms. The molecule has 0 bridgehead atoms. The summed E-state index contributed by atoms with van der Waals surface area (Å²) < 4.78 is 19.7. The van der Waals surface area contributed by atoms with E-state index in [-0.39, 0.29) is 5.82 Å². The highest BCUT2D eigenvalue weighted by Crippen LogP contribution is 2.35. The Morgan fingerprint density at radius 1 is 0.914 bits per heavy atom. The zero-order valence-corrected chi connectivity index (χ0v) is 19.3. The average Bonchev–Trinajstić information content (AvgIpc) is 3.47. The van der Waals surface area contributed by atoms with Crippen LogP contribution in [0.15, 0.2) is 73.2 Å². The predicted molar refractivity (Wildman–Crippen MR) is 136 cm³/mol. The van der Waals surface area contributed by atoms with Crippen LogP contribution in [0.1, 0.15) is 12.5 Å². The lowest BCUT2D eigenvalue weighted by Gasteiger charge is -2.05. The monoisotopic (exact) mass is 463 g/mol. The van der Waals surface area contributed by atoms with Gasteiger partial charge >= 0.3 is 0 Å². The van der Waals surface area contributed by atoms with Crippen molar-refractivity contribution < 1.29 is 9.13 Å². The Kier molecular flexibility index (Phi) is 5.03. The lowest BCUT2D eigenvalue weighted by atomic mass is 9.99. The van der Waals surface area contributed by atoms with Crippen molar-refractivity contribution in [3.05, 3.63) is 84.6 Å². The number of ether oxygens (including phenoxy) is 1. The first-order valence-electron chi connectivity index (χ1n) is 11.4. The fraction of sp³-hybridized carbons (Fsp3) is 0.107. The first-order chi connectivity index (χ1) is 17.1. The second-order valence-corrected chi connectivity index (χ2v) is 8.50. The maximum absolute atomic E-state index is 14.1. The van der Waals surface area contributed by atoms with Crippen LogP contribution in [-0.4, -0.2) is 31.8 Å². The largest absolute Gasteiger partial charge is 0.492 e. The molecule has 0 fully saturated rings. The third-order valence-corrected chi connectivity index (χ3v) is 6.05. The summed E-state index contributed by atoms with van der Waals surface area (Å²) in [7, 11) is 0. The van der Waals surface area contributed by atoms with E-state index in [4.69, 9.17) is 4.74 Å². The molecule has 6 nitrogen and oxygen atoms in total. The van der Waals surface area contributed by atoms with Gasteiger partial charge in [-0.2, -0.15) is 5.10 Å². The van der Waals surface area contributed by atoms with Gasteiger partial charge in [0.1, 0.15) is 17.3 Å². The molecule has 0 atom stereocenters. The van der Waals surface area contributed by atoms with Gasteiger partial charge in [-0.1, -0.05) is 18.2 Å². The van der Waals surface area contributed by atoms with E-state index in [0.29, 0.717) is 18.0 Å². The van der Waals surface area contributed by atoms with Crippen molar-refractivity contribution in [2.45, 2.75) is 13.8 Å².